The predicted molar refractivity (Wildman–Crippen MR) is 94.3 cm³/mol. The quantitative estimate of drug-likeness (QED) is 0.431. The van der Waals surface area contributed by atoms with Gasteiger partial charge in [-0.3, -0.25) is 4.21 Å². The molecule has 1 rings (SSSR count). The molecule has 2 heteroatoms. The molecular formula is C19H32OS. The summed E-state index contributed by atoms with van der Waals surface area (Å²) in [5.74, 6) is 0.819. The summed E-state index contributed by atoms with van der Waals surface area (Å²) in [5, 5.41) is 0. The van der Waals surface area contributed by atoms with Crippen molar-refractivity contribution in [3.63, 3.8) is 0 Å². The number of hydrogen-bond acceptors (Lipinski definition) is 1. The van der Waals surface area contributed by atoms with Crippen LogP contribution in [0.1, 0.15) is 76.7 Å². The van der Waals surface area contributed by atoms with Crippen molar-refractivity contribution in [3.05, 3.63) is 29.8 Å². The highest BCUT2D eigenvalue weighted by atomic mass is 32.2. The fourth-order valence-electron chi connectivity index (χ4n) is 2.53. The van der Waals surface area contributed by atoms with Crippen LogP contribution in [0, 0.1) is 6.92 Å². The maximum absolute atomic E-state index is 12.1. The lowest BCUT2D eigenvalue weighted by Gasteiger charge is -2.04. The van der Waals surface area contributed by atoms with Crippen LogP contribution < -0.4 is 0 Å². The van der Waals surface area contributed by atoms with Gasteiger partial charge in [-0.1, -0.05) is 82.4 Å². The Bertz CT molecular complexity index is 383. The first kappa shape index (κ1) is 18.4. The zero-order valence-corrected chi connectivity index (χ0v) is 14.7. The van der Waals surface area contributed by atoms with Gasteiger partial charge in [-0.05, 0) is 25.5 Å². The van der Waals surface area contributed by atoms with E-state index in [0.717, 1.165) is 17.1 Å². The van der Waals surface area contributed by atoms with Crippen LogP contribution >= 0.6 is 0 Å². The molecule has 120 valence electrons. The predicted octanol–water partition coefficient (Wildman–Crippen LogP) is 6.02. The Morgan fingerprint density at radius 3 is 1.76 bits per heavy atom. The Hall–Kier alpha value is -0.630. The lowest BCUT2D eigenvalue weighted by Crippen LogP contribution is -1.98. The van der Waals surface area contributed by atoms with Gasteiger partial charge < -0.3 is 0 Å². The highest BCUT2D eigenvalue weighted by Gasteiger charge is 2.02. The number of benzene rings is 1. The molecule has 1 aromatic carbocycles. The van der Waals surface area contributed by atoms with Gasteiger partial charge >= 0.3 is 0 Å². The first-order chi connectivity index (χ1) is 10.2. The monoisotopic (exact) mass is 308 g/mol. The van der Waals surface area contributed by atoms with Crippen molar-refractivity contribution in [2.24, 2.45) is 0 Å². The molecule has 0 unspecified atom stereocenters. The molecular weight excluding hydrogens is 276 g/mol. The van der Waals surface area contributed by atoms with Gasteiger partial charge in [-0.25, -0.2) is 0 Å². The van der Waals surface area contributed by atoms with Crippen LogP contribution in [-0.4, -0.2) is 9.96 Å². The van der Waals surface area contributed by atoms with E-state index in [0.29, 0.717) is 0 Å². The first-order valence-electron chi connectivity index (χ1n) is 8.69. The Kier molecular flexibility index (Phi) is 10.5. The molecule has 0 radical (unpaired) electrons. The van der Waals surface area contributed by atoms with Crippen LogP contribution in [0.15, 0.2) is 29.2 Å². The Balaban J connectivity index is 1.96. The van der Waals surface area contributed by atoms with Crippen LogP contribution in [0.25, 0.3) is 0 Å². The van der Waals surface area contributed by atoms with Gasteiger partial charge in [0.25, 0.3) is 0 Å². The number of aryl methyl sites for hydroxylation is 1. The Morgan fingerprint density at radius 1 is 0.762 bits per heavy atom. The van der Waals surface area contributed by atoms with E-state index in [1.807, 2.05) is 24.3 Å². The summed E-state index contributed by atoms with van der Waals surface area (Å²) in [4.78, 5) is 0.983. The fourth-order valence-corrected chi connectivity index (χ4v) is 3.67. The van der Waals surface area contributed by atoms with Crippen molar-refractivity contribution in [1.82, 2.24) is 0 Å². The second-order valence-electron chi connectivity index (χ2n) is 6.04. The maximum atomic E-state index is 12.1. The van der Waals surface area contributed by atoms with Crippen molar-refractivity contribution in [1.29, 1.82) is 0 Å². The molecule has 0 aliphatic rings. The van der Waals surface area contributed by atoms with E-state index in [2.05, 4.69) is 13.8 Å². The summed E-state index contributed by atoms with van der Waals surface area (Å²) in [6.45, 7) is 4.33. The maximum Gasteiger partial charge on any atom is 0.0529 e. The van der Waals surface area contributed by atoms with E-state index >= 15 is 0 Å². The topological polar surface area (TPSA) is 17.1 Å². The van der Waals surface area contributed by atoms with Gasteiger partial charge in [0.15, 0.2) is 0 Å². The van der Waals surface area contributed by atoms with Crippen LogP contribution in [-0.2, 0) is 10.8 Å². The van der Waals surface area contributed by atoms with Gasteiger partial charge in [0.1, 0.15) is 0 Å². The molecule has 0 aliphatic heterocycles. The molecule has 1 aromatic rings. The SMILES string of the molecule is CCCCCCCCCCCC[S@@](=O)c1ccc(C)cc1. The molecule has 0 saturated heterocycles. The van der Waals surface area contributed by atoms with Gasteiger partial charge in [0.2, 0.25) is 0 Å². The van der Waals surface area contributed by atoms with E-state index < -0.39 is 10.8 Å². The van der Waals surface area contributed by atoms with Crippen LogP contribution in [0.2, 0.25) is 0 Å². The van der Waals surface area contributed by atoms with Crippen molar-refractivity contribution >= 4 is 10.8 Å². The van der Waals surface area contributed by atoms with E-state index in [-0.39, 0.29) is 0 Å². The highest BCUT2D eigenvalue weighted by molar-refractivity contribution is 7.85. The summed E-state index contributed by atoms with van der Waals surface area (Å²) < 4.78 is 12.1. The molecule has 0 saturated carbocycles. The zero-order valence-electron chi connectivity index (χ0n) is 13.9. The summed E-state index contributed by atoms with van der Waals surface area (Å²) in [7, 11) is -0.804. The largest absolute Gasteiger partial charge is 0.254 e. The third-order valence-corrected chi connectivity index (χ3v) is 5.42. The van der Waals surface area contributed by atoms with Gasteiger partial charge in [-0.15, -0.1) is 0 Å². The summed E-state index contributed by atoms with van der Waals surface area (Å²) in [5.41, 5.74) is 1.23. The molecule has 0 fully saturated rings. The normalized spacial score (nSPS) is 12.5. The lowest BCUT2D eigenvalue weighted by atomic mass is 10.1. The lowest BCUT2D eigenvalue weighted by molar-refractivity contribution is 0.562. The summed E-state index contributed by atoms with van der Waals surface area (Å²) in [6.07, 6.45) is 13.3. The molecule has 1 atom stereocenters. The van der Waals surface area contributed by atoms with Crippen LogP contribution in [0.3, 0.4) is 0 Å². The van der Waals surface area contributed by atoms with Crippen molar-refractivity contribution in [2.45, 2.75) is 83.0 Å². The van der Waals surface area contributed by atoms with Crippen molar-refractivity contribution < 1.29 is 4.21 Å². The molecule has 0 N–H and O–H groups in total. The van der Waals surface area contributed by atoms with Gasteiger partial charge in [0.05, 0.1) is 10.8 Å². The second kappa shape index (κ2) is 12.0. The van der Waals surface area contributed by atoms with Gasteiger partial charge in [0, 0.05) is 10.6 Å². The molecule has 0 aliphatic carbocycles. The van der Waals surface area contributed by atoms with E-state index in [9.17, 15) is 4.21 Å². The minimum absolute atomic E-state index is 0.804. The number of unbranched alkanes of at least 4 members (excludes halogenated alkanes) is 9. The van der Waals surface area contributed by atoms with Gasteiger partial charge in [-0.2, -0.15) is 0 Å². The average Bonchev–Trinajstić information content (AvgIpc) is 2.49. The standard InChI is InChI=1S/C19H32OS/c1-3-4-5-6-7-8-9-10-11-12-17-21(20)19-15-13-18(2)14-16-19/h13-16H,3-12,17H2,1-2H3/t21-/m1/s1. The second-order valence-corrected chi connectivity index (χ2v) is 7.62. The molecule has 0 aromatic heterocycles. The smallest absolute Gasteiger partial charge is 0.0529 e. The van der Waals surface area contributed by atoms with E-state index in [1.165, 1.54) is 63.4 Å². The van der Waals surface area contributed by atoms with Crippen LogP contribution in [0.4, 0.5) is 0 Å². The zero-order chi connectivity index (χ0) is 15.3. The van der Waals surface area contributed by atoms with Crippen molar-refractivity contribution in [2.75, 3.05) is 5.75 Å². The average molecular weight is 309 g/mol. The number of rotatable bonds is 12. The van der Waals surface area contributed by atoms with E-state index in [1.54, 1.807) is 0 Å². The molecule has 0 spiro atoms. The summed E-state index contributed by atoms with van der Waals surface area (Å²) >= 11 is 0. The first-order valence-corrected chi connectivity index (χ1v) is 10.0. The third-order valence-electron chi connectivity index (χ3n) is 3.97. The Morgan fingerprint density at radius 2 is 1.24 bits per heavy atom. The highest BCUT2D eigenvalue weighted by Crippen LogP contribution is 2.13. The minimum Gasteiger partial charge on any atom is -0.254 e. The van der Waals surface area contributed by atoms with Crippen LogP contribution in [0.5, 0.6) is 0 Å². The van der Waals surface area contributed by atoms with E-state index in [4.69, 9.17) is 0 Å². The molecule has 21 heavy (non-hydrogen) atoms. The summed E-state index contributed by atoms with van der Waals surface area (Å²) in [6, 6.07) is 8.10. The number of hydrogen-bond donors (Lipinski definition) is 0. The molecule has 0 bridgehead atoms. The molecule has 0 amide bonds. The van der Waals surface area contributed by atoms with Crippen molar-refractivity contribution in [3.8, 4) is 0 Å². The Labute approximate surface area is 134 Å². The molecule has 0 heterocycles. The fraction of sp³-hybridized carbons (Fsp3) is 0.684. The third kappa shape index (κ3) is 9.08. The molecule has 1 nitrogen and oxygen atoms in total. The minimum atomic E-state index is -0.804.